The highest BCUT2D eigenvalue weighted by Gasteiger charge is 2.14. The minimum Gasteiger partial charge on any atom is -0.296 e. The van der Waals surface area contributed by atoms with E-state index < -0.39 is 0 Å². The average molecular weight is 305 g/mol. The molecule has 23 heavy (non-hydrogen) atoms. The molecule has 0 saturated heterocycles. The second-order valence-corrected chi connectivity index (χ2v) is 5.86. The Kier molecular flexibility index (Phi) is 4.33. The van der Waals surface area contributed by atoms with Crippen LogP contribution in [0.2, 0.25) is 0 Å². The maximum atomic E-state index is 11.3. The molecule has 0 radical (unpaired) electrons. The van der Waals surface area contributed by atoms with Crippen LogP contribution in [0.4, 0.5) is 0 Å². The summed E-state index contributed by atoms with van der Waals surface area (Å²) in [6, 6.07) is 18.2. The van der Waals surface area contributed by atoms with Crippen LogP contribution < -0.4 is 0 Å². The number of hydrogen-bond acceptors (Lipinski definition) is 3. The van der Waals surface area contributed by atoms with E-state index in [1.54, 1.807) is 4.68 Å². The van der Waals surface area contributed by atoms with Crippen LogP contribution in [0.25, 0.3) is 5.69 Å². The summed E-state index contributed by atoms with van der Waals surface area (Å²) in [5.74, 6) is 0.481. The van der Waals surface area contributed by atoms with Crippen molar-refractivity contribution in [3.05, 3.63) is 77.1 Å². The number of carbonyl (C=O) groups is 1. The molecule has 0 aliphatic heterocycles. The molecule has 0 aliphatic carbocycles. The van der Waals surface area contributed by atoms with E-state index in [0.717, 1.165) is 23.2 Å². The summed E-state index contributed by atoms with van der Waals surface area (Å²) in [4.78, 5) is 11.3. The van der Waals surface area contributed by atoms with Crippen LogP contribution in [0.15, 0.2) is 54.6 Å². The van der Waals surface area contributed by atoms with Gasteiger partial charge in [-0.3, -0.25) is 4.79 Å². The van der Waals surface area contributed by atoms with E-state index in [4.69, 9.17) is 0 Å². The molecule has 0 saturated carbocycles. The SMILES string of the molecule is CC(C)c1ccc(-n2nnc(C=O)c2Cc2ccccc2)cc1. The van der Waals surface area contributed by atoms with Crippen molar-refractivity contribution in [2.24, 2.45) is 0 Å². The monoisotopic (exact) mass is 305 g/mol. The lowest BCUT2D eigenvalue weighted by atomic mass is 10.0. The van der Waals surface area contributed by atoms with Crippen molar-refractivity contribution in [1.29, 1.82) is 0 Å². The first-order valence-electron chi connectivity index (χ1n) is 7.73. The minimum atomic E-state index is 0.391. The van der Waals surface area contributed by atoms with E-state index in [1.807, 2.05) is 42.5 Å². The fourth-order valence-corrected chi connectivity index (χ4v) is 2.57. The number of rotatable bonds is 5. The van der Waals surface area contributed by atoms with Crippen LogP contribution in [-0.2, 0) is 6.42 Å². The van der Waals surface area contributed by atoms with Gasteiger partial charge in [0.2, 0.25) is 0 Å². The Bertz CT molecular complexity index is 789. The van der Waals surface area contributed by atoms with E-state index in [2.05, 4.69) is 36.3 Å². The van der Waals surface area contributed by atoms with Gasteiger partial charge < -0.3 is 0 Å². The molecule has 0 spiro atoms. The second kappa shape index (κ2) is 6.57. The van der Waals surface area contributed by atoms with Gasteiger partial charge >= 0.3 is 0 Å². The molecule has 0 aliphatic rings. The molecule has 0 amide bonds. The number of carbonyl (C=O) groups excluding carboxylic acids is 1. The van der Waals surface area contributed by atoms with Gasteiger partial charge in [0.05, 0.1) is 11.4 Å². The minimum absolute atomic E-state index is 0.391. The topological polar surface area (TPSA) is 47.8 Å². The van der Waals surface area contributed by atoms with Crippen molar-refractivity contribution in [3.63, 3.8) is 0 Å². The molecule has 3 rings (SSSR count). The van der Waals surface area contributed by atoms with Gasteiger partial charge in [-0.2, -0.15) is 0 Å². The fraction of sp³-hybridized carbons (Fsp3) is 0.211. The summed E-state index contributed by atoms with van der Waals surface area (Å²) < 4.78 is 1.75. The number of benzene rings is 2. The zero-order chi connectivity index (χ0) is 16.2. The molecule has 3 aromatic rings. The molecule has 0 fully saturated rings. The molecular weight excluding hydrogens is 286 g/mol. The largest absolute Gasteiger partial charge is 0.296 e. The predicted molar refractivity (Wildman–Crippen MR) is 90.1 cm³/mol. The molecule has 0 atom stereocenters. The predicted octanol–water partition coefficient (Wildman–Crippen LogP) is 3.79. The zero-order valence-corrected chi connectivity index (χ0v) is 13.3. The lowest BCUT2D eigenvalue weighted by Crippen LogP contribution is -2.05. The van der Waals surface area contributed by atoms with Crippen LogP contribution in [0.1, 0.15) is 47.1 Å². The summed E-state index contributed by atoms with van der Waals surface area (Å²) in [7, 11) is 0. The second-order valence-electron chi connectivity index (χ2n) is 5.86. The number of aromatic nitrogens is 3. The molecule has 1 aromatic heterocycles. The van der Waals surface area contributed by atoms with Gasteiger partial charge in [-0.05, 0) is 29.2 Å². The Morgan fingerprint density at radius 1 is 1.04 bits per heavy atom. The van der Waals surface area contributed by atoms with Gasteiger partial charge in [-0.1, -0.05) is 61.5 Å². The highest BCUT2D eigenvalue weighted by atomic mass is 16.1. The molecule has 116 valence electrons. The van der Waals surface area contributed by atoms with Crippen molar-refractivity contribution >= 4 is 6.29 Å². The molecule has 1 heterocycles. The van der Waals surface area contributed by atoms with Gasteiger partial charge in [-0.25, -0.2) is 4.68 Å². The van der Waals surface area contributed by atoms with Gasteiger partial charge in [0.15, 0.2) is 6.29 Å². The summed E-state index contributed by atoms with van der Waals surface area (Å²) in [5, 5.41) is 8.17. The van der Waals surface area contributed by atoms with Crippen molar-refractivity contribution < 1.29 is 4.79 Å². The fourth-order valence-electron chi connectivity index (χ4n) is 2.57. The average Bonchev–Trinajstić information content (AvgIpc) is 2.98. The van der Waals surface area contributed by atoms with Crippen molar-refractivity contribution in [3.8, 4) is 5.69 Å². The Hall–Kier alpha value is -2.75. The molecule has 0 N–H and O–H groups in total. The highest BCUT2D eigenvalue weighted by Crippen LogP contribution is 2.19. The molecule has 0 bridgehead atoms. The summed E-state index contributed by atoms with van der Waals surface area (Å²) >= 11 is 0. The van der Waals surface area contributed by atoms with E-state index in [0.29, 0.717) is 18.0 Å². The van der Waals surface area contributed by atoms with Gasteiger partial charge in [0.1, 0.15) is 5.69 Å². The first-order valence-corrected chi connectivity index (χ1v) is 7.73. The Morgan fingerprint density at radius 2 is 1.74 bits per heavy atom. The van der Waals surface area contributed by atoms with Crippen LogP contribution >= 0.6 is 0 Å². The molecule has 2 aromatic carbocycles. The summed E-state index contributed by atoms with van der Waals surface area (Å²) in [6.07, 6.45) is 1.39. The third-order valence-corrected chi connectivity index (χ3v) is 3.92. The molecule has 4 nitrogen and oxygen atoms in total. The standard InChI is InChI=1S/C19H19N3O/c1-14(2)16-8-10-17(11-9-16)22-19(18(13-23)20-21-22)12-15-6-4-3-5-7-15/h3-11,13-14H,12H2,1-2H3. The van der Waals surface area contributed by atoms with Crippen LogP contribution in [0, 0.1) is 0 Å². The van der Waals surface area contributed by atoms with Crippen molar-refractivity contribution in [1.82, 2.24) is 15.0 Å². The quantitative estimate of drug-likeness (QED) is 0.674. The first kappa shape index (κ1) is 15.2. The summed E-state index contributed by atoms with van der Waals surface area (Å²) in [6.45, 7) is 4.32. The third kappa shape index (κ3) is 3.21. The lowest BCUT2D eigenvalue weighted by Gasteiger charge is -2.09. The molecule has 0 unspecified atom stereocenters. The normalized spacial score (nSPS) is 10.9. The van der Waals surface area contributed by atoms with Crippen molar-refractivity contribution in [2.45, 2.75) is 26.2 Å². The highest BCUT2D eigenvalue weighted by molar-refractivity contribution is 5.73. The van der Waals surface area contributed by atoms with Crippen LogP contribution in [-0.4, -0.2) is 21.3 Å². The van der Waals surface area contributed by atoms with E-state index in [1.165, 1.54) is 5.56 Å². The van der Waals surface area contributed by atoms with Gasteiger partial charge in [-0.15, -0.1) is 5.10 Å². The Morgan fingerprint density at radius 3 is 2.35 bits per heavy atom. The van der Waals surface area contributed by atoms with E-state index >= 15 is 0 Å². The van der Waals surface area contributed by atoms with Gasteiger partial charge in [0, 0.05) is 6.42 Å². The molecular formula is C19H19N3O. The van der Waals surface area contributed by atoms with E-state index in [-0.39, 0.29) is 0 Å². The number of nitrogens with zero attached hydrogens (tertiary/aromatic N) is 3. The van der Waals surface area contributed by atoms with Crippen LogP contribution in [0.5, 0.6) is 0 Å². The summed E-state index contributed by atoms with van der Waals surface area (Å²) in [5.41, 5.74) is 4.51. The zero-order valence-electron chi connectivity index (χ0n) is 13.3. The Labute approximate surface area is 135 Å². The number of aldehydes is 1. The van der Waals surface area contributed by atoms with Gasteiger partial charge in [0.25, 0.3) is 0 Å². The maximum absolute atomic E-state index is 11.3. The molecule has 4 heteroatoms. The first-order chi connectivity index (χ1) is 11.2. The lowest BCUT2D eigenvalue weighted by molar-refractivity contribution is 0.111. The Balaban J connectivity index is 1.99. The maximum Gasteiger partial charge on any atom is 0.172 e. The van der Waals surface area contributed by atoms with E-state index in [9.17, 15) is 4.79 Å². The number of hydrogen-bond donors (Lipinski definition) is 0. The van der Waals surface area contributed by atoms with Crippen LogP contribution in [0.3, 0.4) is 0 Å². The smallest absolute Gasteiger partial charge is 0.172 e. The third-order valence-electron chi connectivity index (χ3n) is 3.92. The van der Waals surface area contributed by atoms with Crippen molar-refractivity contribution in [2.75, 3.05) is 0 Å².